The average Bonchev–Trinajstić information content (AvgIpc) is 1.63. The largest absolute Gasteiger partial charge is 2.00 e. The zero-order chi connectivity index (χ0) is 7.28. The van der Waals surface area contributed by atoms with Crippen molar-refractivity contribution in [1.29, 1.82) is 0 Å². The molecule has 2 nitrogen and oxygen atoms in total. The van der Waals surface area contributed by atoms with Gasteiger partial charge in [-0.05, 0) is 5.92 Å². The van der Waals surface area contributed by atoms with Gasteiger partial charge in [-0.15, -0.1) is 0 Å². The van der Waals surface area contributed by atoms with Crippen molar-refractivity contribution in [3.05, 3.63) is 0 Å². The van der Waals surface area contributed by atoms with Crippen LogP contribution in [0, 0.1) is 5.92 Å². The Morgan fingerprint density at radius 2 is 2.20 bits per heavy atom. The van der Waals surface area contributed by atoms with Crippen LogP contribution in [-0.4, -0.2) is 34.1 Å². The maximum Gasteiger partial charge on any atom is 2.00 e. The van der Waals surface area contributed by atoms with Gasteiger partial charge in [-0.2, -0.15) is 0 Å². The van der Waals surface area contributed by atoms with Gasteiger partial charge in [0.05, 0.1) is 0 Å². The zero-order valence-electron chi connectivity index (χ0n) is 8.76. The molecule has 0 aromatic rings. The fourth-order valence-electron chi connectivity index (χ4n) is 0.893. The van der Waals surface area contributed by atoms with Gasteiger partial charge in [0.15, 0.2) is 0 Å². The minimum atomic E-state index is -0.684. The Morgan fingerprint density at radius 3 is 2.50 bits per heavy atom. The van der Waals surface area contributed by atoms with Gasteiger partial charge in [-0.25, -0.2) is 0 Å². The van der Waals surface area contributed by atoms with E-state index in [9.17, 15) is 4.79 Å². The first-order valence-electron chi connectivity index (χ1n) is 3.38. The number of hydrogen-bond donors (Lipinski definition) is 1. The Labute approximate surface area is 81.1 Å². The van der Waals surface area contributed by atoms with Crippen LogP contribution < -0.4 is 0 Å². The topological polar surface area (TPSA) is 37.3 Å². The molecule has 3 heteroatoms. The number of rotatable bonds is 4. The molecule has 0 saturated heterocycles. The van der Waals surface area contributed by atoms with E-state index in [4.69, 9.17) is 5.11 Å². The number of carboxylic acid groups (broad SMARTS) is 1. The summed E-state index contributed by atoms with van der Waals surface area (Å²) in [5, 5.41) is 8.31. The van der Waals surface area contributed by atoms with Crippen LogP contribution in [0.2, 0.25) is 0 Å². The molecule has 10 heavy (non-hydrogen) atoms. The molecule has 0 aliphatic carbocycles. The van der Waals surface area contributed by atoms with E-state index in [1.54, 1.807) is 0 Å². The van der Waals surface area contributed by atoms with E-state index in [-0.39, 0.29) is 25.9 Å². The van der Waals surface area contributed by atoms with Crippen molar-refractivity contribution in [3.8, 4) is 0 Å². The molecule has 0 radical (unpaired) electrons. The number of aliphatic carboxylic acids is 1. The van der Waals surface area contributed by atoms with Gasteiger partial charge in [0.1, 0.15) is 0 Å². The molecule has 58 valence electrons. The molecule has 1 atom stereocenters. The van der Waals surface area contributed by atoms with Crippen molar-refractivity contribution in [1.82, 2.24) is 0 Å². The second-order valence-electron chi connectivity index (χ2n) is 2.49. The third-order valence-electron chi connectivity index (χ3n) is 1.30. The summed E-state index contributed by atoms with van der Waals surface area (Å²) in [6.45, 7) is 4.04. The van der Waals surface area contributed by atoms with E-state index in [1.165, 1.54) is 0 Å². The van der Waals surface area contributed by atoms with Crippen molar-refractivity contribution in [3.63, 3.8) is 0 Å². The Morgan fingerprint density at radius 1 is 1.70 bits per heavy atom. The predicted molar refractivity (Wildman–Crippen MR) is 44.3 cm³/mol. The zero-order valence-corrected chi connectivity index (χ0v) is 8.18. The molecule has 1 unspecified atom stereocenters. The van der Waals surface area contributed by atoms with Gasteiger partial charge in [0.2, 0.25) is 0 Å². The summed E-state index contributed by atoms with van der Waals surface area (Å²) in [4.78, 5) is 10.1. The SMILES string of the molecule is CCCC(C)CC(=O)O.[H-].[H-].[Mg+2]. The molecule has 0 fully saturated rings. The van der Waals surface area contributed by atoms with Crippen molar-refractivity contribution in [2.45, 2.75) is 33.1 Å². The molecule has 0 saturated carbocycles. The molecule has 1 N–H and O–H groups in total. The second-order valence-corrected chi connectivity index (χ2v) is 2.49. The number of carboxylic acids is 1. The van der Waals surface area contributed by atoms with Crippen molar-refractivity contribution >= 4 is 29.0 Å². The van der Waals surface area contributed by atoms with Crippen LogP contribution in [0.3, 0.4) is 0 Å². The first-order valence-corrected chi connectivity index (χ1v) is 3.38. The number of carbonyl (C=O) groups is 1. The van der Waals surface area contributed by atoms with E-state index in [0.29, 0.717) is 12.3 Å². The van der Waals surface area contributed by atoms with E-state index in [1.807, 2.05) is 6.92 Å². The molecule has 0 aromatic heterocycles. The van der Waals surface area contributed by atoms with Crippen LogP contribution in [0.4, 0.5) is 0 Å². The smallest absolute Gasteiger partial charge is 1.00 e. The van der Waals surface area contributed by atoms with Crippen molar-refractivity contribution in [2.24, 2.45) is 5.92 Å². The Hall–Kier alpha value is 0.236. The summed E-state index contributed by atoms with van der Waals surface area (Å²) in [5.41, 5.74) is 0. The molecular formula is C7H16MgO2. The van der Waals surface area contributed by atoms with Gasteiger partial charge in [0, 0.05) is 6.42 Å². The molecular weight excluding hydrogens is 140 g/mol. The van der Waals surface area contributed by atoms with Crippen LogP contribution in [0.5, 0.6) is 0 Å². The normalized spacial score (nSPS) is 11.8. The third-order valence-corrected chi connectivity index (χ3v) is 1.30. The maximum absolute atomic E-state index is 10.1. The first kappa shape index (κ1) is 12.9. The van der Waals surface area contributed by atoms with Crippen LogP contribution in [-0.2, 0) is 4.79 Å². The van der Waals surface area contributed by atoms with Gasteiger partial charge in [0.25, 0.3) is 0 Å². The maximum atomic E-state index is 10.1. The summed E-state index contributed by atoms with van der Waals surface area (Å²) < 4.78 is 0. The molecule has 0 amide bonds. The summed E-state index contributed by atoms with van der Waals surface area (Å²) in [5.74, 6) is -0.344. The first-order chi connectivity index (χ1) is 4.16. The quantitative estimate of drug-likeness (QED) is 0.630. The summed E-state index contributed by atoms with van der Waals surface area (Å²) in [6, 6.07) is 0. The van der Waals surface area contributed by atoms with Gasteiger partial charge < -0.3 is 7.96 Å². The summed E-state index contributed by atoms with van der Waals surface area (Å²) >= 11 is 0. The van der Waals surface area contributed by atoms with Gasteiger partial charge >= 0.3 is 29.0 Å². The van der Waals surface area contributed by atoms with Gasteiger partial charge in [-0.1, -0.05) is 26.7 Å². The van der Waals surface area contributed by atoms with E-state index >= 15 is 0 Å². The minimum absolute atomic E-state index is 0. The Balaban J connectivity index is -0.000000107. The standard InChI is InChI=1S/C7H14O2.Mg.2H/c1-3-4-6(2)5-7(8)9;;;/h6H,3-5H2,1-2H3,(H,8,9);;;/q;+2;2*-1. The van der Waals surface area contributed by atoms with E-state index < -0.39 is 5.97 Å². The van der Waals surface area contributed by atoms with Crippen molar-refractivity contribution < 1.29 is 12.8 Å². The third kappa shape index (κ3) is 8.24. The van der Waals surface area contributed by atoms with Crippen LogP contribution in [0.15, 0.2) is 0 Å². The van der Waals surface area contributed by atoms with Crippen LogP contribution in [0.1, 0.15) is 36.0 Å². The molecule has 0 bridgehead atoms. The molecule has 0 aliphatic heterocycles. The second kappa shape index (κ2) is 7.34. The number of hydrogen-bond acceptors (Lipinski definition) is 1. The van der Waals surface area contributed by atoms with E-state index in [0.717, 1.165) is 12.8 Å². The predicted octanol–water partition coefficient (Wildman–Crippen LogP) is 1.74. The van der Waals surface area contributed by atoms with Crippen LogP contribution >= 0.6 is 0 Å². The molecule has 0 heterocycles. The molecule has 0 rings (SSSR count). The molecule has 0 aromatic carbocycles. The fraction of sp³-hybridized carbons (Fsp3) is 0.857. The van der Waals surface area contributed by atoms with Crippen molar-refractivity contribution in [2.75, 3.05) is 0 Å². The van der Waals surface area contributed by atoms with Crippen LogP contribution in [0.25, 0.3) is 0 Å². The fourth-order valence-corrected chi connectivity index (χ4v) is 0.893. The van der Waals surface area contributed by atoms with E-state index in [2.05, 4.69) is 6.92 Å². The van der Waals surface area contributed by atoms with Gasteiger partial charge in [-0.3, -0.25) is 4.79 Å². The Bertz CT molecular complexity index is 101. The Kier molecular flexibility index (Phi) is 9.45. The molecule has 0 spiro atoms. The molecule has 0 aliphatic rings. The summed E-state index contributed by atoms with van der Waals surface area (Å²) in [6.07, 6.45) is 2.41. The minimum Gasteiger partial charge on any atom is -1.00 e. The summed E-state index contributed by atoms with van der Waals surface area (Å²) in [7, 11) is 0. The average molecular weight is 157 g/mol. The monoisotopic (exact) mass is 156 g/mol.